The van der Waals surface area contributed by atoms with Crippen molar-refractivity contribution in [2.45, 2.75) is 65.4 Å². The molecule has 2 amide bonds. The van der Waals surface area contributed by atoms with Gasteiger partial charge in [0, 0.05) is 37.1 Å². The number of rotatable bonds is 17. The summed E-state index contributed by atoms with van der Waals surface area (Å²) in [5.41, 5.74) is -1.27. The Kier molecular flexibility index (Phi) is 14.9. The van der Waals surface area contributed by atoms with Gasteiger partial charge in [0.2, 0.25) is 11.8 Å². The van der Waals surface area contributed by atoms with Gasteiger partial charge < -0.3 is 25.5 Å². The highest BCUT2D eigenvalue weighted by Gasteiger charge is 2.35. The molecule has 0 heterocycles. The van der Waals surface area contributed by atoms with Crippen LogP contribution in [0, 0.1) is 5.41 Å². The lowest BCUT2D eigenvalue weighted by atomic mass is 9.87. The normalized spacial score (nSPS) is 12.8. The Bertz CT molecular complexity index is 682. The molecule has 11 nitrogen and oxygen atoms in total. The zero-order valence-electron chi connectivity index (χ0n) is 18.8. The molecule has 0 rings (SSSR count). The third-order valence-corrected chi connectivity index (χ3v) is 5.67. The van der Waals surface area contributed by atoms with Crippen LogP contribution in [-0.2, 0) is 28.3 Å². The number of nitrogens with one attached hydrogen (secondary N) is 2. The van der Waals surface area contributed by atoms with E-state index in [9.17, 15) is 28.8 Å². The highest BCUT2D eigenvalue weighted by molar-refractivity contribution is 8.13. The van der Waals surface area contributed by atoms with Gasteiger partial charge in [-0.3, -0.25) is 23.7 Å². The van der Waals surface area contributed by atoms with Gasteiger partial charge in [-0.2, -0.15) is 0 Å². The molecule has 0 aromatic heterocycles. The van der Waals surface area contributed by atoms with Crippen LogP contribution in [0.5, 0.6) is 0 Å². The monoisotopic (exact) mass is 498 g/mol. The van der Waals surface area contributed by atoms with E-state index in [-0.39, 0.29) is 42.7 Å². The summed E-state index contributed by atoms with van der Waals surface area (Å²) in [6.45, 7) is 4.45. The first-order chi connectivity index (χ1) is 14.8. The Hall–Kier alpha value is -1.30. The number of aliphatic hydroxyl groups excluding tert-OH is 1. The summed E-state index contributed by atoms with van der Waals surface area (Å²) in [6.07, 6.45) is 1.39. The fourth-order valence-electron chi connectivity index (χ4n) is 2.40. The molecule has 0 bridgehead atoms. The Morgan fingerprint density at radius 1 is 1.06 bits per heavy atom. The SMILES string of the molecule is CCCCCC(=O)CC(=O)SCCNC(=O)CCNC(=O)[C@@H](O)C(C)(C)COP(=O)(O)O. The molecule has 0 saturated carbocycles. The molecule has 5 N–H and O–H groups in total. The third kappa shape index (κ3) is 15.5. The number of hydrogen-bond acceptors (Lipinski definition) is 8. The summed E-state index contributed by atoms with van der Waals surface area (Å²) < 4.78 is 15.1. The molecule has 0 aromatic rings. The summed E-state index contributed by atoms with van der Waals surface area (Å²) in [4.78, 5) is 64.6. The van der Waals surface area contributed by atoms with Crippen LogP contribution in [0.25, 0.3) is 0 Å². The maximum Gasteiger partial charge on any atom is 0.469 e. The molecule has 32 heavy (non-hydrogen) atoms. The summed E-state index contributed by atoms with van der Waals surface area (Å²) in [7, 11) is -4.73. The lowest BCUT2D eigenvalue weighted by Gasteiger charge is -2.29. The first-order valence-electron chi connectivity index (χ1n) is 10.4. The Labute approximate surface area is 192 Å². The van der Waals surface area contributed by atoms with Gasteiger partial charge >= 0.3 is 7.82 Å². The maximum atomic E-state index is 12.0. The second-order valence-corrected chi connectivity index (χ2v) is 10.3. The summed E-state index contributed by atoms with van der Waals surface area (Å²) in [5.74, 6) is -0.921. The van der Waals surface area contributed by atoms with Gasteiger partial charge in [0.25, 0.3) is 0 Å². The number of phosphoric ester groups is 1. The van der Waals surface area contributed by atoms with Crippen LogP contribution in [0.2, 0.25) is 0 Å². The zero-order valence-corrected chi connectivity index (χ0v) is 20.5. The van der Waals surface area contributed by atoms with Gasteiger partial charge in [-0.1, -0.05) is 45.4 Å². The van der Waals surface area contributed by atoms with Crippen LogP contribution in [0.15, 0.2) is 0 Å². The molecule has 0 radical (unpaired) electrons. The van der Waals surface area contributed by atoms with Crippen molar-refractivity contribution < 1.29 is 43.2 Å². The van der Waals surface area contributed by atoms with Gasteiger partial charge in [-0.05, 0) is 6.42 Å². The smallest absolute Gasteiger partial charge is 0.383 e. The van der Waals surface area contributed by atoms with Crippen LogP contribution in [0.3, 0.4) is 0 Å². The summed E-state index contributed by atoms with van der Waals surface area (Å²) in [6, 6.07) is 0. The van der Waals surface area contributed by atoms with Gasteiger partial charge in [0.05, 0.1) is 13.0 Å². The summed E-state index contributed by atoms with van der Waals surface area (Å²) in [5, 5.41) is 14.8. The number of phosphoric acid groups is 1. The topological polar surface area (TPSA) is 179 Å². The van der Waals surface area contributed by atoms with Crippen molar-refractivity contribution in [1.82, 2.24) is 10.6 Å². The van der Waals surface area contributed by atoms with Crippen molar-refractivity contribution in [3.05, 3.63) is 0 Å². The summed E-state index contributed by atoms with van der Waals surface area (Å²) >= 11 is 0.983. The van der Waals surface area contributed by atoms with Crippen LogP contribution in [0.1, 0.15) is 59.3 Å². The van der Waals surface area contributed by atoms with Gasteiger partial charge in [0.1, 0.15) is 11.9 Å². The van der Waals surface area contributed by atoms with Crippen molar-refractivity contribution in [2.24, 2.45) is 5.41 Å². The van der Waals surface area contributed by atoms with Crippen molar-refractivity contribution in [1.29, 1.82) is 0 Å². The van der Waals surface area contributed by atoms with Crippen molar-refractivity contribution >= 4 is 42.3 Å². The van der Waals surface area contributed by atoms with E-state index in [2.05, 4.69) is 15.2 Å². The highest BCUT2D eigenvalue weighted by atomic mass is 32.2. The minimum absolute atomic E-state index is 0.0600. The van der Waals surface area contributed by atoms with E-state index in [4.69, 9.17) is 9.79 Å². The molecule has 0 fully saturated rings. The van der Waals surface area contributed by atoms with E-state index < -0.39 is 31.9 Å². The highest BCUT2D eigenvalue weighted by Crippen LogP contribution is 2.38. The number of thioether (sulfide) groups is 1. The molecule has 0 spiro atoms. The zero-order chi connectivity index (χ0) is 24.8. The average Bonchev–Trinajstić information content (AvgIpc) is 2.68. The number of aliphatic hydroxyl groups is 1. The molecule has 0 unspecified atom stereocenters. The van der Waals surface area contributed by atoms with E-state index in [1.165, 1.54) is 13.8 Å². The van der Waals surface area contributed by atoms with Crippen LogP contribution in [0.4, 0.5) is 0 Å². The molecular weight excluding hydrogens is 463 g/mol. The Morgan fingerprint density at radius 3 is 2.31 bits per heavy atom. The number of ketones is 1. The predicted molar refractivity (Wildman–Crippen MR) is 120 cm³/mol. The Morgan fingerprint density at radius 2 is 1.72 bits per heavy atom. The lowest BCUT2D eigenvalue weighted by molar-refractivity contribution is -0.137. The standard InChI is InChI=1S/C19H35N2O9PS/c1-4-5-6-7-14(22)12-16(24)32-11-10-20-15(23)8-9-21-18(26)17(25)19(2,3)13-30-31(27,28)29/h17,25H,4-13H2,1-3H3,(H,20,23)(H,21,26)(H2,27,28,29)/t17-/m1/s1. The van der Waals surface area contributed by atoms with Crippen LogP contribution >= 0.6 is 19.6 Å². The second-order valence-electron chi connectivity index (χ2n) is 7.94. The fraction of sp³-hybridized carbons (Fsp3) is 0.789. The molecular formula is C19H35N2O9PS. The minimum Gasteiger partial charge on any atom is -0.383 e. The first kappa shape index (κ1) is 30.7. The molecule has 0 aliphatic rings. The minimum atomic E-state index is -4.73. The maximum absolute atomic E-state index is 12.0. The third-order valence-electron chi connectivity index (χ3n) is 4.33. The number of carbonyl (C=O) groups excluding carboxylic acids is 4. The molecule has 186 valence electrons. The molecule has 0 aliphatic carbocycles. The van der Waals surface area contributed by atoms with Gasteiger partial charge in [-0.15, -0.1) is 0 Å². The molecule has 0 aromatic carbocycles. The average molecular weight is 499 g/mol. The fourth-order valence-corrected chi connectivity index (χ4v) is 3.59. The largest absolute Gasteiger partial charge is 0.469 e. The molecule has 0 saturated heterocycles. The van der Waals surface area contributed by atoms with E-state index in [0.29, 0.717) is 12.2 Å². The van der Waals surface area contributed by atoms with Crippen molar-refractivity contribution in [3.8, 4) is 0 Å². The molecule has 1 atom stereocenters. The number of hydrogen-bond donors (Lipinski definition) is 5. The van der Waals surface area contributed by atoms with E-state index in [1.807, 2.05) is 6.92 Å². The van der Waals surface area contributed by atoms with E-state index >= 15 is 0 Å². The van der Waals surface area contributed by atoms with E-state index in [1.54, 1.807) is 0 Å². The van der Waals surface area contributed by atoms with Crippen LogP contribution < -0.4 is 10.6 Å². The van der Waals surface area contributed by atoms with Crippen molar-refractivity contribution in [3.63, 3.8) is 0 Å². The quantitative estimate of drug-likeness (QED) is 0.110. The number of amides is 2. The van der Waals surface area contributed by atoms with Gasteiger partial charge in [-0.25, -0.2) is 4.57 Å². The van der Waals surface area contributed by atoms with Crippen LogP contribution in [-0.4, -0.2) is 69.2 Å². The second kappa shape index (κ2) is 15.5. The molecule has 13 heteroatoms. The predicted octanol–water partition coefficient (Wildman–Crippen LogP) is 0.905. The van der Waals surface area contributed by atoms with E-state index in [0.717, 1.165) is 31.0 Å². The number of unbranched alkanes of at least 4 members (excludes halogenated alkanes) is 2. The van der Waals surface area contributed by atoms with Crippen molar-refractivity contribution in [2.75, 3.05) is 25.4 Å². The Balaban J connectivity index is 4.03. The first-order valence-corrected chi connectivity index (χ1v) is 12.9. The molecule has 0 aliphatic heterocycles. The lowest BCUT2D eigenvalue weighted by Crippen LogP contribution is -2.46. The van der Waals surface area contributed by atoms with Gasteiger partial charge in [0.15, 0.2) is 5.12 Å². The number of carbonyl (C=O) groups is 4. The number of Topliss-reactive ketones (excluding diaryl/α,β-unsaturated/α-hetero) is 1.